The molecule has 0 saturated carbocycles. The smallest absolute Gasteiger partial charge is 0.187 e. The summed E-state index contributed by atoms with van der Waals surface area (Å²) in [7, 11) is 0. The summed E-state index contributed by atoms with van der Waals surface area (Å²) in [5.41, 5.74) is 3.16. The number of unbranched alkanes of at least 4 members (excludes halogenated alkanes) is 5. The zero-order valence-corrected chi connectivity index (χ0v) is 16.8. The molecule has 1 N–H and O–H groups in total. The standard InChI is InChI=1S/C23H28N2OS/c1-2-3-4-5-6-10-17-26-21-15-13-20(14-16-21)24-23-25-22(18-27-23)19-11-8-7-9-12-19/h7-9,11-16,18H,2-6,10,17H2,1H3,(H,24,25). The van der Waals surface area contributed by atoms with Gasteiger partial charge in [-0.2, -0.15) is 0 Å². The van der Waals surface area contributed by atoms with Gasteiger partial charge in [0.05, 0.1) is 12.3 Å². The number of thiazole rings is 1. The van der Waals surface area contributed by atoms with E-state index in [9.17, 15) is 0 Å². The summed E-state index contributed by atoms with van der Waals surface area (Å²) in [5, 5.41) is 6.35. The monoisotopic (exact) mass is 380 g/mol. The lowest BCUT2D eigenvalue weighted by Crippen LogP contribution is -1.97. The van der Waals surface area contributed by atoms with E-state index in [1.54, 1.807) is 11.3 Å². The topological polar surface area (TPSA) is 34.1 Å². The minimum absolute atomic E-state index is 0.797. The van der Waals surface area contributed by atoms with Crippen molar-refractivity contribution in [2.75, 3.05) is 11.9 Å². The number of aromatic nitrogens is 1. The Labute approximate surface area is 166 Å². The number of benzene rings is 2. The average Bonchev–Trinajstić information content (AvgIpc) is 3.18. The fourth-order valence-electron chi connectivity index (χ4n) is 2.90. The summed E-state index contributed by atoms with van der Waals surface area (Å²) in [6, 6.07) is 18.4. The summed E-state index contributed by atoms with van der Waals surface area (Å²) in [5.74, 6) is 0.929. The Morgan fingerprint density at radius 3 is 2.41 bits per heavy atom. The van der Waals surface area contributed by atoms with E-state index >= 15 is 0 Å². The molecule has 0 atom stereocenters. The summed E-state index contributed by atoms with van der Waals surface area (Å²) in [6.45, 7) is 3.05. The van der Waals surface area contributed by atoms with Crippen LogP contribution in [0.4, 0.5) is 10.8 Å². The Kier molecular flexibility index (Phi) is 7.72. The van der Waals surface area contributed by atoms with E-state index in [-0.39, 0.29) is 0 Å². The van der Waals surface area contributed by atoms with Crippen LogP contribution < -0.4 is 10.1 Å². The minimum Gasteiger partial charge on any atom is -0.494 e. The molecule has 0 amide bonds. The van der Waals surface area contributed by atoms with Crippen molar-refractivity contribution in [3.63, 3.8) is 0 Å². The fraction of sp³-hybridized carbons (Fsp3) is 0.348. The Morgan fingerprint density at radius 2 is 1.63 bits per heavy atom. The first kappa shape index (κ1) is 19.4. The number of rotatable bonds is 11. The van der Waals surface area contributed by atoms with Crippen molar-refractivity contribution < 1.29 is 4.74 Å². The lowest BCUT2D eigenvalue weighted by Gasteiger charge is -2.08. The van der Waals surface area contributed by atoms with E-state index in [1.165, 1.54) is 32.1 Å². The normalized spacial score (nSPS) is 10.7. The van der Waals surface area contributed by atoms with Crippen molar-refractivity contribution in [1.82, 2.24) is 4.98 Å². The molecule has 0 bridgehead atoms. The second-order valence-electron chi connectivity index (χ2n) is 6.67. The molecule has 3 nitrogen and oxygen atoms in total. The highest BCUT2D eigenvalue weighted by molar-refractivity contribution is 7.14. The van der Waals surface area contributed by atoms with Crippen LogP contribution >= 0.6 is 11.3 Å². The molecule has 0 aliphatic carbocycles. The molecule has 0 spiro atoms. The third kappa shape index (κ3) is 6.40. The number of hydrogen-bond donors (Lipinski definition) is 1. The van der Waals surface area contributed by atoms with Gasteiger partial charge in [0.2, 0.25) is 0 Å². The summed E-state index contributed by atoms with van der Waals surface area (Å²) < 4.78 is 5.84. The van der Waals surface area contributed by atoms with Crippen LogP contribution in [0, 0.1) is 0 Å². The number of hydrogen-bond acceptors (Lipinski definition) is 4. The van der Waals surface area contributed by atoms with Crippen molar-refractivity contribution in [1.29, 1.82) is 0 Å². The van der Waals surface area contributed by atoms with Gasteiger partial charge in [0.15, 0.2) is 5.13 Å². The first-order valence-electron chi connectivity index (χ1n) is 9.86. The van der Waals surface area contributed by atoms with E-state index in [4.69, 9.17) is 4.74 Å². The van der Waals surface area contributed by atoms with Crippen LogP contribution in [0.15, 0.2) is 60.0 Å². The molecular formula is C23H28N2OS. The van der Waals surface area contributed by atoms with Gasteiger partial charge in [-0.25, -0.2) is 4.98 Å². The molecule has 2 aromatic carbocycles. The van der Waals surface area contributed by atoms with Gasteiger partial charge >= 0.3 is 0 Å². The van der Waals surface area contributed by atoms with E-state index < -0.39 is 0 Å². The summed E-state index contributed by atoms with van der Waals surface area (Å²) in [4.78, 5) is 4.67. The molecule has 1 heterocycles. The third-order valence-corrected chi connectivity index (χ3v) is 5.20. The molecule has 0 aliphatic rings. The largest absolute Gasteiger partial charge is 0.494 e. The molecule has 1 aromatic heterocycles. The van der Waals surface area contributed by atoms with Crippen LogP contribution in [0.3, 0.4) is 0 Å². The van der Waals surface area contributed by atoms with Crippen molar-refractivity contribution >= 4 is 22.2 Å². The molecule has 0 aliphatic heterocycles. The van der Waals surface area contributed by atoms with Crippen LogP contribution in [0.25, 0.3) is 11.3 Å². The lowest BCUT2D eigenvalue weighted by atomic mass is 10.1. The van der Waals surface area contributed by atoms with Gasteiger partial charge in [-0.3, -0.25) is 0 Å². The van der Waals surface area contributed by atoms with Gasteiger partial charge in [0, 0.05) is 16.6 Å². The van der Waals surface area contributed by atoms with Crippen molar-refractivity contribution in [3.05, 3.63) is 60.0 Å². The maximum Gasteiger partial charge on any atom is 0.187 e. The van der Waals surface area contributed by atoms with Gasteiger partial charge < -0.3 is 10.1 Å². The van der Waals surface area contributed by atoms with Gasteiger partial charge in [-0.05, 0) is 30.7 Å². The van der Waals surface area contributed by atoms with Gasteiger partial charge in [-0.15, -0.1) is 11.3 Å². The zero-order chi connectivity index (χ0) is 18.7. The quantitative estimate of drug-likeness (QED) is 0.355. The van der Waals surface area contributed by atoms with E-state index in [0.29, 0.717) is 0 Å². The Balaban J connectivity index is 1.43. The second kappa shape index (κ2) is 10.7. The molecule has 0 radical (unpaired) electrons. The fourth-order valence-corrected chi connectivity index (χ4v) is 3.64. The molecule has 0 unspecified atom stereocenters. The molecule has 142 valence electrons. The Bertz CT molecular complexity index is 784. The zero-order valence-electron chi connectivity index (χ0n) is 16.0. The number of ether oxygens (including phenoxy) is 1. The maximum absolute atomic E-state index is 5.84. The molecule has 3 rings (SSSR count). The second-order valence-corrected chi connectivity index (χ2v) is 7.53. The number of nitrogens with zero attached hydrogens (tertiary/aromatic N) is 1. The third-order valence-electron chi connectivity index (χ3n) is 4.45. The first-order valence-corrected chi connectivity index (χ1v) is 10.7. The minimum atomic E-state index is 0.797. The first-order chi connectivity index (χ1) is 13.3. The van der Waals surface area contributed by atoms with E-state index in [1.807, 2.05) is 42.5 Å². The molecular weight excluding hydrogens is 352 g/mol. The Hall–Kier alpha value is -2.33. The average molecular weight is 381 g/mol. The highest BCUT2D eigenvalue weighted by Crippen LogP contribution is 2.27. The Morgan fingerprint density at radius 1 is 0.889 bits per heavy atom. The predicted octanol–water partition coefficient (Wildman–Crippen LogP) is 7.29. The lowest BCUT2D eigenvalue weighted by molar-refractivity contribution is 0.304. The highest BCUT2D eigenvalue weighted by Gasteiger charge is 2.04. The van der Waals surface area contributed by atoms with Crippen LogP contribution in [-0.4, -0.2) is 11.6 Å². The SMILES string of the molecule is CCCCCCCCOc1ccc(Nc2nc(-c3ccccc3)cs2)cc1. The summed E-state index contributed by atoms with van der Waals surface area (Å²) in [6.07, 6.45) is 7.70. The maximum atomic E-state index is 5.84. The van der Waals surface area contributed by atoms with Crippen LogP contribution in [0.5, 0.6) is 5.75 Å². The predicted molar refractivity (Wildman–Crippen MR) is 116 cm³/mol. The van der Waals surface area contributed by atoms with Crippen LogP contribution in [0.2, 0.25) is 0 Å². The number of nitrogens with one attached hydrogen (secondary N) is 1. The van der Waals surface area contributed by atoms with Crippen molar-refractivity contribution in [2.45, 2.75) is 45.4 Å². The van der Waals surface area contributed by atoms with Crippen LogP contribution in [-0.2, 0) is 0 Å². The highest BCUT2D eigenvalue weighted by atomic mass is 32.1. The summed E-state index contributed by atoms with van der Waals surface area (Å²) >= 11 is 1.61. The molecule has 0 fully saturated rings. The van der Waals surface area contributed by atoms with Gasteiger partial charge in [-0.1, -0.05) is 69.4 Å². The van der Waals surface area contributed by atoms with Crippen LogP contribution in [0.1, 0.15) is 45.4 Å². The van der Waals surface area contributed by atoms with Gasteiger partial charge in [0.1, 0.15) is 5.75 Å². The van der Waals surface area contributed by atoms with E-state index in [2.05, 4.69) is 34.7 Å². The number of anilines is 2. The molecule has 3 aromatic rings. The van der Waals surface area contributed by atoms with Crippen molar-refractivity contribution in [2.24, 2.45) is 0 Å². The molecule has 0 saturated heterocycles. The van der Waals surface area contributed by atoms with Crippen molar-refractivity contribution in [3.8, 4) is 17.0 Å². The molecule has 4 heteroatoms. The van der Waals surface area contributed by atoms with Gasteiger partial charge in [0.25, 0.3) is 0 Å². The molecule has 27 heavy (non-hydrogen) atoms. The van der Waals surface area contributed by atoms with E-state index in [0.717, 1.165) is 40.9 Å².